The Hall–Kier alpha value is -2.95. The number of imidazole rings is 1. The van der Waals surface area contributed by atoms with E-state index in [2.05, 4.69) is 70.8 Å². The molecular formula is C37H57FN4O5Si3. The fraction of sp³-hybridized carbons (Fsp3) is 0.541. The summed E-state index contributed by atoms with van der Waals surface area (Å²) in [5, 5.41) is 5.84. The van der Waals surface area contributed by atoms with Crippen LogP contribution in [-0.2, 0) is 34.1 Å². The smallest absolute Gasteiger partial charge is 0.189 e. The molecule has 0 atom stereocenters. The third-order valence-corrected chi connectivity index (χ3v) is 13.6. The van der Waals surface area contributed by atoms with Crippen LogP contribution in [0.25, 0.3) is 33.5 Å². The molecule has 0 spiro atoms. The highest BCUT2D eigenvalue weighted by Crippen LogP contribution is 2.35. The molecule has 50 heavy (non-hydrogen) atoms. The van der Waals surface area contributed by atoms with Crippen LogP contribution in [0.15, 0.2) is 36.5 Å². The van der Waals surface area contributed by atoms with Crippen LogP contribution < -0.4 is 4.74 Å². The standard InChI is InChI=1S/C37H57FN4O5Si3/c1-11-28-21-35(47-27-46-16-19-50(8,9)10)33(38)22-32(28)29-12-13-31-34(20-29)42(26-45-15-18-49(5,6)7)40-36(31)37-39-30(24-43)23-41(37)25-44-14-17-48(2,3)4/h12-13,20-24H,11,14-19,25-27H2,1-10H3. The molecule has 2 aromatic heterocycles. The normalized spacial score (nSPS) is 12.6. The van der Waals surface area contributed by atoms with E-state index in [1.54, 1.807) is 18.3 Å². The molecule has 2 aromatic carbocycles. The molecule has 2 heterocycles. The molecule has 0 aliphatic rings. The Kier molecular flexibility index (Phi) is 13.6. The quantitative estimate of drug-likeness (QED) is 0.0386. The van der Waals surface area contributed by atoms with Crippen molar-refractivity contribution >= 4 is 41.4 Å². The van der Waals surface area contributed by atoms with Gasteiger partial charge in [0.2, 0.25) is 0 Å². The molecule has 0 aliphatic carbocycles. The van der Waals surface area contributed by atoms with E-state index in [0.29, 0.717) is 43.5 Å². The summed E-state index contributed by atoms with van der Waals surface area (Å²) >= 11 is 0. The van der Waals surface area contributed by atoms with Crippen LogP contribution >= 0.6 is 0 Å². The van der Waals surface area contributed by atoms with Gasteiger partial charge >= 0.3 is 0 Å². The maximum absolute atomic E-state index is 15.5. The van der Waals surface area contributed by atoms with Gasteiger partial charge in [-0.25, -0.2) is 14.1 Å². The molecule has 0 fully saturated rings. The van der Waals surface area contributed by atoms with Gasteiger partial charge in [0.05, 0.1) is 5.52 Å². The molecule has 0 unspecified atom stereocenters. The summed E-state index contributed by atoms with van der Waals surface area (Å²) in [4.78, 5) is 16.5. The maximum Gasteiger partial charge on any atom is 0.189 e. The van der Waals surface area contributed by atoms with Gasteiger partial charge in [-0.2, -0.15) is 5.10 Å². The SMILES string of the molecule is CCc1cc(OCOCC[Si](C)(C)C)c(F)cc1-c1ccc2c(-c3nc(C=O)cn3COCC[Si](C)(C)C)nn(COCC[Si](C)(C)C)c2c1. The second kappa shape index (κ2) is 17.0. The molecule has 4 aromatic rings. The molecule has 0 radical (unpaired) electrons. The molecule has 274 valence electrons. The number of hydrogen-bond donors (Lipinski definition) is 0. The monoisotopic (exact) mass is 740 g/mol. The fourth-order valence-electron chi connectivity index (χ4n) is 5.27. The molecule has 13 heteroatoms. The van der Waals surface area contributed by atoms with Crippen molar-refractivity contribution in [1.29, 1.82) is 0 Å². The number of carbonyl (C=O) groups excluding carboxylic acids is 1. The predicted molar refractivity (Wildman–Crippen MR) is 209 cm³/mol. The van der Waals surface area contributed by atoms with Crippen molar-refractivity contribution in [3.05, 3.63) is 53.6 Å². The zero-order valence-corrected chi connectivity index (χ0v) is 34.8. The first-order valence-electron chi connectivity index (χ1n) is 17.7. The number of ether oxygens (including phenoxy) is 4. The van der Waals surface area contributed by atoms with E-state index >= 15 is 4.39 Å². The number of aldehydes is 1. The van der Waals surface area contributed by atoms with E-state index in [1.165, 1.54) is 0 Å². The van der Waals surface area contributed by atoms with Crippen molar-refractivity contribution < 1.29 is 28.1 Å². The summed E-state index contributed by atoms with van der Waals surface area (Å²) in [6.45, 7) is 25.2. The predicted octanol–water partition coefficient (Wildman–Crippen LogP) is 9.40. The lowest BCUT2D eigenvalue weighted by atomic mass is 9.96. The largest absolute Gasteiger partial charge is 0.464 e. The first kappa shape index (κ1) is 39.8. The summed E-state index contributed by atoms with van der Waals surface area (Å²) < 4.78 is 42.8. The van der Waals surface area contributed by atoms with E-state index < -0.39 is 30.0 Å². The first-order chi connectivity index (χ1) is 23.5. The highest BCUT2D eigenvalue weighted by Gasteiger charge is 2.22. The van der Waals surface area contributed by atoms with Crippen molar-refractivity contribution in [3.8, 4) is 28.4 Å². The van der Waals surface area contributed by atoms with Crippen LogP contribution in [0.2, 0.25) is 77.1 Å². The molecule has 0 saturated heterocycles. The fourth-order valence-corrected chi connectivity index (χ4v) is 7.54. The minimum atomic E-state index is -1.29. The van der Waals surface area contributed by atoms with Crippen molar-refractivity contribution in [2.24, 2.45) is 0 Å². The Morgan fingerprint density at radius 2 is 1.44 bits per heavy atom. The minimum absolute atomic E-state index is 0.0143. The number of carbonyl (C=O) groups is 1. The number of rotatable bonds is 20. The Labute approximate surface area is 300 Å². The third kappa shape index (κ3) is 11.5. The molecule has 0 aliphatic heterocycles. The summed E-state index contributed by atoms with van der Waals surface area (Å²) in [6.07, 6.45) is 3.14. The van der Waals surface area contributed by atoms with Gasteiger partial charge in [-0.15, -0.1) is 0 Å². The van der Waals surface area contributed by atoms with E-state index in [0.717, 1.165) is 52.0 Å². The molecule has 4 rings (SSSR count). The van der Waals surface area contributed by atoms with E-state index in [1.807, 2.05) is 27.4 Å². The van der Waals surface area contributed by atoms with Gasteiger partial charge in [0.1, 0.15) is 24.8 Å². The Morgan fingerprint density at radius 1 is 0.820 bits per heavy atom. The van der Waals surface area contributed by atoms with Crippen LogP contribution in [0.5, 0.6) is 5.75 Å². The summed E-state index contributed by atoms with van der Waals surface area (Å²) in [5.74, 6) is 0.299. The highest BCUT2D eigenvalue weighted by atomic mass is 28.3. The Morgan fingerprint density at radius 3 is 2.04 bits per heavy atom. The maximum atomic E-state index is 15.5. The lowest BCUT2D eigenvalue weighted by Crippen LogP contribution is -2.22. The summed E-state index contributed by atoms with van der Waals surface area (Å²) in [7, 11) is -3.78. The molecule has 0 N–H and O–H groups in total. The van der Waals surface area contributed by atoms with Crippen molar-refractivity contribution in [1.82, 2.24) is 19.3 Å². The van der Waals surface area contributed by atoms with Crippen LogP contribution in [0.4, 0.5) is 4.39 Å². The Bertz CT molecular complexity index is 1740. The number of nitrogens with zero attached hydrogens (tertiary/aromatic N) is 4. The first-order valence-corrected chi connectivity index (χ1v) is 28.8. The van der Waals surface area contributed by atoms with Gasteiger partial charge in [-0.3, -0.25) is 4.79 Å². The van der Waals surface area contributed by atoms with Crippen molar-refractivity contribution in [2.45, 2.75) is 104 Å². The molecule has 9 nitrogen and oxygen atoms in total. The molecule has 0 bridgehead atoms. The number of benzene rings is 2. The van der Waals surface area contributed by atoms with E-state index in [4.69, 9.17) is 24.0 Å². The number of aromatic nitrogens is 4. The van der Waals surface area contributed by atoms with Crippen LogP contribution in [0.3, 0.4) is 0 Å². The zero-order valence-electron chi connectivity index (χ0n) is 31.8. The van der Waals surface area contributed by atoms with Crippen LogP contribution in [-0.4, -0.2) is 76.5 Å². The van der Waals surface area contributed by atoms with Crippen molar-refractivity contribution in [3.63, 3.8) is 0 Å². The average molecular weight is 741 g/mol. The highest BCUT2D eigenvalue weighted by molar-refractivity contribution is 6.76. The van der Waals surface area contributed by atoms with Gasteiger partial charge in [0, 0.05) is 55.6 Å². The van der Waals surface area contributed by atoms with Gasteiger partial charge < -0.3 is 23.5 Å². The number of fused-ring (bicyclic) bond motifs is 1. The summed E-state index contributed by atoms with van der Waals surface area (Å²) in [6, 6.07) is 12.4. The topological polar surface area (TPSA) is 89.6 Å². The second-order valence-electron chi connectivity index (χ2n) is 16.6. The van der Waals surface area contributed by atoms with E-state index in [9.17, 15) is 4.79 Å². The van der Waals surface area contributed by atoms with Gasteiger partial charge in [-0.1, -0.05) is 71.9 Å². The zero-order chi connectivity index (χ0) is 36.7. The average Bonchev–Trinajstić information content (AvgIpc) is 3.60. The number of halogens is 1. The molecule has 0 amide bonds. The van der Waals surface area contributed by atoms with Gasteiger partial charge in [0.25, 0.3) is 0 Å². The van der Waals surface area contributed by atoms with Gasteiger partial charge in [-0.05, 0) is 65.5 Å². The minimum Gasteiger partial charge on any atom is -0.464 e. The van der Waals surface area contributed by atoms with Crippen LogP contribution in [0, 0.1) is 5.82 Å². The van der Waals surface area contributed by atoms with Crippen molar-refractivity contribution in [2.75, 3.05) is 26.6 Å². The number of hydrogen-bond acceptors (Lipinski definition) is 7. The number of aryl methyl sites for hydroxylation is 1. The lowest BCUT2D eigenvalue weighted by Gasteiger charge is -2.16. The Balaban J connectivity index is 1.68. The van der Waals surface area contributed by atoms with E-state index in [-0.39, 0.29) is 26.0 Å². The second-order valence-corrected chi connectivity index (χ2v) is 33.5. The van der Waals surface area contributed by atoms with Gasteiger partial charge in [0.15, 0.2) is 30.5 Å². The third-order valence-electron chi connectivity index (χ3n) is 8.46. The van der Waals surface area contributed by atoms with Crippen LogP contribution in [0.1, 0.15) is 23.0 Å². The molecule has 0 saturated carbocycles. The summed E-state index contributed by atoms with van der Waals surface area (Å²) in [5.41, 5.74) is 4.36. The lowest BCUT2D eigenvalue weighted by molar-refractivity contribution is 0.0197. The molecular weight excluding hydrogens is 684 g/mol.